The van der Waals surface area contributed by atoms with E-state index in [0.717, 1.165) is 6.07 Å². The number of carbonyl (C=O) groups excluding carboxylic acids is 1. The van der Waals surface area contributed by atoms with Gasteiger partial charge in [-0.25, -0.2) is 0 Å². The third-order valence-electron chi connectivity index (χ3n) is 2.60. The second-order valence-electron chi connectivity index (χ2n) is 4.08. The summed E-state index contributed by atoms with van der Waals surface area (Å²) in [5, 5.41) is 21.8. The van der Waals surface area contributed by atoms with Gasteiger partial charge in [-0.1, -0.05) is 18.2 Å². The van der Waals surface area contributed by atoms with Gasteiger partial charge < -0.3 is 14.8 Å². The van der Waals surface area contributed by atoms with Crippen molar-refractivity contribution >= 4 is 23.4 Å². The van der Waals surface area contributed by atoms with Gasteiger partial charge in [-0.2, -0.15) is 0 Å². The van der Waals surface area contributed by atoms with Crippen LogP contribution in [0.3, 0.4) is 0 Å². The number of para-hydroxylation sites is 1. The van der Waals surface area contributed by atoms with Gasteiger partial charge in [0.15, 0.2) is 5.76 Å². The summed E-state index contributed by atoms with van der Waals surface area (Å²) in [5.41, 5.74) is 0.725. The van der Waals surface area contributed by atoms with Crippen molar-refractivity contribution in [3.63, 3.8) is 0 Å². The first-order valence-corrected chi connectivity index (χ1v) is 5.82. The van der Waals surface area contributed by atoms with Gasteiger partial charge in [-0.15, -0.1) is 0 Å². The van der Waals surface area contributed by atoms with E-state index in [1.807, 2.05) is 0 Å². The number of nitrogens with zero attached hydrogens (tertiary/aromatic N) is 1. The number of amides is 1. The van der Waals surface area contributed by atoms with Crippen LogP contribution in [0.4, 0.5) is 11.6 Å². The molecule has 2 aromatic rings. The highest BCUT2D eigenvalue weighted by atomic mass is 16.6. The van der Waals surface area contributed by atoms with Gasteiger partial charge in [0.2, 0.25) is 0 Å². The lowest BCUT2D eigenvalue weighted by molar-refractivity contribution is -0.402. The molecule has 0 atom stereocenters. The summed E-state index contributed by atoms with van der Waals surface area (Å²) in [5.74, 6) is -2.50. The first-order chi connectivity index (χ1) is 9.97. The van der Waals surface area contributed by atoms with Crippen LogP contribution in [-0.2, 0) is 11.2 Å². The lowest BCUT2D eigenvalue weighted by atomic mass is 10.1. The number of carbonyl (C=O) groups is 2. The van der Waals surface area contributed by atoms with Crippen LogP contribution in [0.25, 0.3) is 0 Å². The average molecular weight is 290 g/mol. The van der Waals surface area contributed by atoms with Gasteiger partial charge in [0.1, 0.15) is 4.92 Å². The Bertz CT molecular complexity index is 706. The Morgan fingerprint density at radius 2 is 1.95 bits per heavy atom. The summed E-state index contributed by atoms with van der Waals surface area (Å²) in [4.78, 5) is 32.4. The minimum Gasteiger partial charge on any atom is -0.481 e. The molecule has 1 aromatic carbocycles. The maximum absolute atomic E-state index is 11.9. The number of anilines is 1. The molecule has 1 amide bonds. The molecule has 8 heteroatoms. The zero-order chi connectivity index (χ0) is 15.4. The molecule has 21 heavy (non-hydrogen) atoms. The number of furan rings is 1. The van der Waals surface area contributed by atoms with E-state index < -0.39 is 22.7 Å². The second kappa shape index (κ2) is 5.87. The maximum Gasteiger partial charge on any atom is 0.433 e. The number of benzene rings is 1. The lowest BCUT2D eigenvalue weighted by Crippen LogP contribution is -2.13. The van der Waals surface area contributed by atoms with Gasteiger partial charge in [0.05, 0.1) is 12.5 Å². The molecule has 0 aliphatic heterocycles. The van der Waals surface area contributed by atoms with E-state index in [-0.39, 0.29) is 12.2 Å². The van der Waals surface area contributed by atoms with Gasteiger partial charge in [-0.3, -0.25) is 19.7 Å². The Balaban J connectivity index is 2.19. The van der Waals surface area contributed by atoms with Crippen LogP contribution in [0, 0.1) is 10.1 Å². The second-order valence-corrected chi connectivity index (χ2v) is 4.08. The predicted molar refractivity (Wildman–Crippen MR) is 71.1 cm³/mol. The Labute approximate surface area is 118 Å². The summed E-state index contributed by atoms with van der Waals surface area (Å²) < 4.78 is 4.77. The van der Waals surface area contributed by atoms with Crippen molar-refractivity contribution in [2.45, 2.75) is 6.42 Å². The third kappa shape index (κ3) is 3.44. The summed E-state index contributed by atoms with van der Waals surface area (Å²) in [6, 6.07) is 8.62. The summed E-state index contributed by atoms with van der Waals surface area (Å²) in [7, 11) is 0. The van der Waals surface area contributed by atoms with Crippen molar-refractivity contribution in [3.05, 3.63) is 57.8 Å². The zero-order valence-corrected chi connectivity index (χ0v) is 10.6. The highest BCUT2D eigenvalue weighted by molar-refractivity contribution is 6.03. The normalized spacial score (nSPS) is 10.1. The molecule has 0 bridgehead atoms. The fraction of sp³-hybridized carbons (Fsp3) is 0.0769. The molecule has 2 N–H and O–H groups in total. The monoisotopic (exact) mass is 290 g/mol. The van der Waals surface area contributed by atoms with Crippen LogP contribution in [0.1, 0.15) is 16.1 Å². The van der Waals surface area contributed by atoms with Crippen LogP contribution >= 0.6 is 0 Å². The quantitative estimate of drug-likeness (QED) is 0.641. The molecule has 8 nitrogen and oxygen atoms in total. The molecule has 0 aliphatic carbocycles. The predicted octanol–water partition coefficient (Wildman–Crippen LogP) is 2.07. The first kappa shape index (κ1) is 14.3. The molecule has 0 radical (unpaired) electrons. The van der Waals surface area contributed by atoms with Gasteiger partial charge in [-0.05, 0) is 17.7 Å². The summed E-state index contributed by atoms with van der Waals surface area (Å²) in [6.45, 7) is 0. The van der Waals surface area contributed by atoms with Gasteiger partial charge in [0, 0.05) is 5.69 Å². The number of hydrogen-bond acceptors (Lipinski definition) is 5. The topological polar surface area (TPSA) is 123 Å². The van der Waals surface area contributed by atoms with Crippen molar-refractivity contribution < 1.29 is 24.0 Å². The minimum atomic E-state index is -1.04. The summed E-state index contributed by atoms with van der Waals surface area (Å²) >= 11 is 0. The molecule has 2 rings (SSSR count). The molecule has 0 saturated carbocycles. The SMILES string of the molecule is O=C(O)Cc1ccccc1NC(=O)c1ccc([N+](=O)[O-])o1. The summed E-state index contributed by atoms with van der Waals surface area (Å²) in [6.07, 6.45) is -0.255. The number of aliphatic carboxylic acids is 1. The smallest absolute Gasteiger partial charge is 0.433 e. The van der Waals surface area contributed by atoms with Gasteiger partial charge in [0.25, 0.3) is 5.91 Å². The standard InChI is InChI=1S/C13H10N2O6/c16-12(17)7-8-3-1-2-4-9(8)14-13(18)10-5-6-11(21-10)15(19)20/h1-6H,7H2,(H,14,18)(H,16,17). The van der Waals surface area contributed by atoms with Crippen LogP contribution < -0.4 is 5.32 Å². The van der Waals surface area contributed by atoms with E-state index in [9.17, 15) is 19.7 Å². The van der Waals surface area contributed by atoms with Crippen molar-refractivity contribution in [2.75, 3.05) is 5.32 Å². The van der Waals surface area contributed by atoms with E-state index in [4.69, 9.17) is 9.52 Å². The minimum absolute atomic E-state index is 0.230. The molecule has 0 aliphatic rings. The Kier molecular flexibility index (Phi) is 3.98. The highest BCUT2D eigenvalue weighted by Gasteiger charge is 2.18. The molecule has 0 unspecified atom stereocenters. The number of carboxylic acids is 1. The number of carboxylic acid groups (broad SMARTS) is 1. The highest BCUT2D eigenvalue weighted by Crippen LogP contribution is 2.20. The van der Waals surface area contributed by atoms with Crippen LogP contribution in [-0.4, -0.2) is 21.9 Å². The molecular weight excluding hydrogens is 280 g/mol. The molecule has 0 fully saturated rings. The Hall–Kier alpha value is -3.16. The largest absolute Gasteiger partial charge is 0.481 e. The Morgan fingerprint density at radius 3 is 2.57 bits per heavy atom. The third-order valence-corrected chi connectivity index (χ3v) is 2.60. The maximum atomic E-state index is 11.9. The van der Waals surface area contributed by atoms with Crippen LogP contribution in [0.2, 0.25) is 0 Å². The average Bonchev–Trinajstić information content (AvgIpc) is 2.90. The van der Waals surface area contributed by atoms with Crippen molar-refractivity contribution in [3.8, 4) is 0 Å². The van der Waals surface area contributed by atoms with E-state index in [2.05, 4.69) is 5.32 Å². The van der Waals surface area contributed by atoms with Crippen LogP contribution in [0.5, 0.6) is 0 Å². The van der Waals surface area contributed by atoms with Crippen molar-refractivity contribution in [2.24, 2.45) is 0 Å². The van der Waals surface area contributed by atoms with Crippen molar-refractivity contribution in [1.82, 2.24) is 0 Å². The number of nitrogens with one attached hydrogen (secondary N) is 1. The number of nitro groups is 1. The van der Waals surface area contributed by atoms with E-state index >= 15 is 0 Å². The van der Waals surface area contributed by atoms with Crippen molar-refractivity contribution in [1.29, 1.82) is 0 Å². The van der Waals surface area contributed by atoms with Gasteiger partial charge >= 0.3 is 11.9 Å². The Morgan fingerprint density at radius 1 is 1.24 bits per heavy atom. The van der Waals surface area contributed by atoms with Crippen LogP contribution in [0.15, 0.2) is 40.8 Å². The molecular formula is C13H10N2O6. The van der Waals surface area contributed by atoms with E-state index in [1.165, 1.54) is 12.1 Å². The fourth-order valence-electron chi connectivity index (χ4n) is 1.69. The fourth-order valence-corrected chi connectivity index (χ4v) is 1.69. The molecule has 0 spiro atoms. The van der Waals surface area contributed by atoms with E-state index in [1.54, 1.807) is 18.2 Å². The van der Waals surface area contributed by atoms with E-state index in [0.29, 0.717) is 11.3 Å². The number of rotatable bonds is 5. The zero-order valence-electron chi connectivity index (χ0n) is 10.6. The molecule has 0 saturated heterocycles. The molecule has 1 aromatic heterocycles. The molecule has 1 heterocycles. The lowest BCUT2D eigenvalue weighted by Gasteiger charge is -2.08. The first-order valence-electron chi connectivity index (χ1n) is 5.82. The molecule has 108 valence electrons. The number of hydrogen-bond donors (Lipinski definition) is 2.